The van der Waals surface area contributed by atoms with Gasteiger partial charge in [-0.15, -0.1) is 0 Å². The number of methoxy groups -OCH3 is 1. The maximum atomic E-state index is 13.1. The SMILES string of the molecule is COC(=O)c1cc(Cc2c(C)nc3ncnn3c2N)ccc1C(F)(F)F. The van der Waals surface area contributed by atoms with Gasteiger partial charge in [-0.05, 0) is 24.6 Å². The van der Waals surface area contributed by atoms with Gasteiger partial charge in [0.05, 0.1) is 18.2 Å². The van der Waals surface area contributed by atoms with Gasteiger partial charge in [-0.3, -0.25) is 0 Å². The molecule has 7 nitrogen and oxygen atoms in total. The fourth-order valence-electron chi connectivity index (χ4n) is 2.66. The van der Waals surface area contributed by atoms with Crippen LogP contribution in [0.4, 0.5) is 19.0 Å². The van der Waals surface area contributed by atoms with Crippen molar-refractivity contribution in [1.29, 1.82) is 0 Å². The summed E-state index contributed by atoms with van der Waals surface area (Å²) in [7, 11) is 1.03. The number of halogens is 3. The molecule has 0 bridgehead atoms. The average molecular weight is 365 g/mol. The van der Waals surface area contributed by atoms with Gasteiger partial charge in [0.15, 0.2) is 0 Å². The maximum Gasteiger partial charge on any atom is 0.417 e. The third-order valence-electron chi connectivity index (χ3n) is 3.95. The third kappa shape index (κ3) is 3.05. The molecule has 2 N–H and O–H groups in total. The molecule has 0 saturated heterocycles. The number of alkyl halides is 3. The van der Waals surface area contributed by atoms with Crippen molar-refractivity contribution >= 4 is 17.6 Å². The molecule has 0 aliphatic heterocycles. The van der Waals surface area contributed by atoms with Crippen LogP contribution in [0.25, 0.3) is 5.78 Å². The molecule has 2 heterocycles. The van der Waals surface area contributed by atoms with Crippen molar-refractivity contribution in [2.24, 2.45) is 0 Å². The Balaban J connectivity index is 2.07. The topological polar surface area (TPSA) is 95.4 Å². The summed E-state index contributed by atoms with van der Waals surface area (Å²) in [5, 5.41) is 3.96. The number of hydrogen-bond acceptors (Lipinski definition) is 6. The van der Waals surface area contributed by atoms with Gasteiger partial charge in [-0.1, -0.05) is 6.07 Å². The molecule has 3 rings (SSSR count). The summed E-state index contributed by atoms with van der Waals surface area (Å²) in [4.78, 5) is 20.0. The minimum atomic E-state index is -4.67. The molecule has 0 unspecified atom stereocenters. The highest BCUT2D eigenvalue weighted by Crippen LogP contribution is 2.33. The van der Waals surface area contributed by atoms with E-state index in [4.69, 9.17) is 5.73 Å². The molecule has 0 saturated carbocycles. The molecule has 136 valence electrons. The summed E-state index contributed by atoms with van der Waals surface area (Å²) >= 11 is 0. The summed E-state index contributed by atoms with van der Waals surface area (Å²) < 4.78 is 45.2. The van der Waals surface area contributed by atoms with Crippen molar-refractivity contribution in [1.82, 2.24) is 19.6 Å². The van der Waals surface area contributed by atoms with Crippen LogP contribution in [0.1, 0.15) is 32.7 Å². The fourth-order valence-corrected chi connectivity index (χ4v) is 2.66. The zero-order chi connectivity index (χ0) is 19.1. The molecule has 2 aromatic heterocycles. The molecule has 0 amide bonds. The number of anilines is 1. The van der Waals surface area contributed by atoms with Crippen LogP contribution in [-0.2, 0) is 17.3 Å². The number of carbonyl (C=O) groups excluding carboxylic acids is 1. The number of rotatable bonds is 3. The van der Waals surface area contributed by atoms with Crippen LogP contribution in [0.2, 0.25) is 0 Å². The van der Waals surface area contributed by atoms with Crippen molar-refractivity contribution in [2.75, 3.05) is 12.8 Å². The van der Waals surface area contributed by atoms with E-state index in [1.165, 1.54) is 16.9 Å². The lowest BCUT2D eigenvalue weighted by Crippen LogP contribution is -2.15. The van der Waals surface area contributed by atoms with E-state index in [0.29, 0.717) is 22.6 Å². The Morgan fingerprint density at radius 1 is 1.35 bits per heavy atom. The van der Waals surface area contributed by atoms with Crippen LogP contribution in [0.5, 0.6) is 0 Å². The van der Waals surface area contributed by atoms with Crippen LogP contribution in [0.15, 0.2) is 24.5 Å². The first kappa shape index (κ1) is 17.6. The first-order valence-corrected chi connectivity index (χ1v) is 7.45. The number of nitrogen functional groups attached to an aromatic ring is 1. The van der Waals surface area contributed by atoms with Gasteiger partial charge < -0.3 is 10.5 Å². The van der Waals surface area contributed by atoms with E-state index in [1.807, 2.05) is 0 Å². The minimum absolute atomic E-state index is 0.169. The van der Waals surface area contributed by atoms with Crippen LogP contribution >= 0.6 is 0 Å². The number of nitrogens with two attached hydrogens (primary N) is 1. The standard InChI is InChI=1S/C16H14F3N5O2/c1-8-10(13(20)24-15(23-8)21-7-22-24)5-9-3-4-12(16(17,18)19)11(6-9)14(25)26-2/h3-4,6-7H,5,20H2,1-2H3. The van der Waals surface area contributed by atoms with E-state index in [9.17, 15) is 18.0 Å². The van der Waals surface area contributed by atoms with Crippen molar-refractivity contribution in [3.8, 4) is 0 Å². The number of fused-ring (bicyclic) bond motifs is 1. The van der Waals surface area contributed by atoms with E-state index in [-0.39, 0.29) is 12.2 Å². The molecule has 1 aromatic carbocycles. The molecule has 0 spiro atoms. The third-order valence-corrected chi connectivity index (χ3v) is 3.95. The van der Waals surface area contributed by atoms with Crippen molar-refractivity contribution in [3.05, 3.63) is 52.5 Å². The van der Waals surface area contributed by atoms with Gasteiger partial charge in [0.25, 0.3) is 5.78 Å². The molecule has 0 fully saturated rings. The molecular formula is C16H14F3N5O2. The number of aryl methyl sites for hydroxylation is 1. The van der Waals surface area contributed by atoms with Gasteiger partial charge in [0, 0.05) is 17.7 Å². The highest BCUT2D eigenvalue weighted by Gasteiger charge is 2.35. The Morgan fingerprint density at radius 3 is 2.73 bits per heavy atom. The summed E-state index contributed by atoms with van der Waals surface area (Å²) in [6.07, 6.45) is -3.20. The average Bonchev–Trinajstić information content (AvgIpc) is 3.05. The van der Waals surface area contributed by atoms with Crippen LogP contribution in [0.3, 0.4) is 0 Å². The molecule has 10 heteroatoms. The maximum absolute atomic E-state index is 13.1. The molecular weight excluding hydrogens is 351 g/mol. The molecule has 0 aliphatic carbocycles. The molecule has 0 radical (unpaired) electrons. The second-order valence-electron chi connectivity index (χ2n) is 5.58. The lowest BCUT2D eigenvalue weighted by atomic mass is 9.98. The van der Waals surface area contributed by atoms with Crippen molar-refractivity contribution in [3.63, 3.8) is 0 Å². The predicted molar refractivity (Wildman–Crippen MR) is 85.5 cm³/mol. The highest BCUT2D eigenvalue weighted by atomic mass is 19.4. The lowest BCUT2D eigenvalue weighted by molar-refractivity contribution is -0.138. The van der Waals surface area contributed by atoms with E-state index in [1.54, 1.807) is 6.92 Å². The predicted octanol–water partition coefficient (Wildman–Crippen LogP) is 2.41. The smallest absolute Gasteiger partial charge is 0.417 e. The first-order chi connectivity index (χ1) is 12.2. The van der Waals surface area contributed by atoms with Crippen LogP contribution < -0.4 is 5.73 Å². The fraction of sp³-hybridized carbons (Fsp3) is 0.250. The Labute approximate surface area is 145 Å². The van der Waals surface area contributed by atoms with Crippen LogP contribution in [-0.4, -0.2) is 32.7 Å². The molecule has 3 aromatic rings. The zero-order valence-corrected chi connectivity index (χ0v) is 13.8. The summed E-state index contributed by atoms with van der Waals surface area (Å²) in [5.41, 5.74) is 6.09. The highest BCUT2D eigenvalue weighted by molar-refractivity contribution is 5.91. The van der Waals surface area contributed by atoms with E-state index in [0.717, 1.165) is 19.2 Å². The number of hydrogen-bond donors (Lipinski definition) is 1. The van der Waals surface area contributed by atoms with Gasteiger partial charge in [-0.2, -0.15) is 27.8 Å². The number of esters is 1. The Kier molecular flexibility index (Phi) is 4.26. The van der Waals surface area contributed by atoms with Crippen molar-refractivity contribution in [2.45, 2.75) is 19.5 Å². The first-order valence-electron chi connectivity index (χ1n) is 7.45. The van der Waals surface area contributed by atoms with Crippen molar-refractivity contribution < 1.29 is 22.7 Å². The molecule has 0 aliphatic rings. The number of nitrogens with zero attached hydrogens (tertiary/aromatic N) is 4. The van der Waals surface area contributed by atoms with Crippen LogP contribution in [0, 0.1) is 6.92 Å². The van der Waals surface area contributed by atoms with E-state index in [2.05, 4.69) is 19.8 Å². The number of aromatic nitrogens is 4. The Morgan fingerprint density at radius 2 is 2.08 bits per heavy atom. The van der Waals surface area contributed by atoms with E-state index >= 15 is 0 Å². The largest absolute Gasteiger partial charge is 0.465 e. The number of ether oxygens (including phenoxy) is 1. The molecule has 26 heavy (non-hydrogen) atoms. The van der Waals surface area contributed by atoms with Gasteiger partial charge in [0.1, 0.15) is 12.1 Å². The second kappa shape index (κ2) is 6.28. The minimum Gasteiger partial charge on any atom is -0.465 e. The Bertz CT molecular complexity index is 997. The van der Waals surface area contributed by atoms with Gasteiger partial charge in [0.2, 0.25) is 0 Å². The summed E-state index contributed by atoms with van der Waals surface area (Å²) in [5.74, 6) is -0.454. The van der Waals surface area contributed by atoms with Gasteiger partial charge in [-0.25, -0.2) is 9.78 Å². The number of carbonyl (C=O) groups is 1. The molecule has 0 atom stereocenters. The monoisotopic (exact) mass is 365 g/mol. The number of benzene rings is 1. The summed E-state index contributed by atoms with van der Waals surface area (Å²) in [6, 6.07) is 3.30. The second-order valence-corrected chi connectivity index (χ2v) is 5.58. The van der Waals surface area contributed by atoms with Gasteiger partial charge >= 0.3 is 12.1 Å². The summed E-state index contributed by atoms with van der Waals surface area (Å²) in [6.45, 7) is 1.71. The lowest BCUT2D eigenvalue weighted by Gasteiger charge is -2.14. The normalized spacial score (nSPS) is 11.7. The Hall–Kier alpha value is -3.17. The van der Waals surface area contributed by atoms with E-state index < -0.39 is 23.3 Å². The quantitative estimate of drug-likeness (QED) is 0.716. The zero-order valence-electron chi connectivity index (χ0n) is 13.8.